The normalized spacial score (nSPS) is 22.3. The van der Waals surface area contributed by atoms with E-state index in [0.29, 0.717) is 5.92 Å². The minimum Gasteiger partial charge on any atom is -0.356 e. The number of amides is 1. The Morgan fingerprint density at radius 1 is 1.04 bits per heavy atom. The Morgan fingerprint density at radius 3 is 2.17 bits per heavy atom. The molecular formula is C22H35NO. The molecule has 1 aliphatic carbocycles. The van der Waals surface area contributed by atoms with Crippen molar-refractivity contribution in [3.63, 3.8) is 0 Å². The molecule has 1 saturated carbocycles. The van der Waals surface area contributed by atoms with Crippen LogP contribution in [0.2, 0.25) is 0 Å². The number of hydrogen-bond acceptors (Lipinski definition) is 1. The molecule has 0 heterocycles. The highest BCUT2D eigenvalue weighted by Gasteiger charge is 2.24. The number of carbonyl (C=O) groups excluding carboxylic acids is 1. The molecule has 0 saturated heterocycles. The zero-order valence-corrected chi connectivity index (χ0v) is 15.8. The Kier molecular flexibility index (Phi) is 7.81. The fourth-order valence-electron chi connectivity index (χ4n) is 4.23. The van der Waals surface area contributed by atoms with Gasteiger partial charge in [0.2, 0.25) is 5.91 Å². The maximum absolute atomic E-state index is 12.7. The van der Waals surface area contributed by atoms with Crippen LogP contribution in [-0.4, -0.2) is 12.5 Å². The van der Waals surface area contributed by atoms with Crippen molar-refractivity contribution in [2.24, 2.45) is 17.8 Å². The SMILES string of the molecule is CCCC1CCC(CCNC(=O)C(c2ccccc2)C(C)C)CC1. The number of hydrogen-bond donors (Lipinski definition) is 1. The summed E-state index contributed by atoms with van der Waals surface area (Å²) in [5, 5.41) is 3.21. The summed E-state index contributed by atoms with van der Waals surface area (Å²) in [5.41, 5.74) is 1.13. The molecule has 1 N–H and O–H groups in total. The van der Waals surface area contributed by atoms with E-state index in [2.05, 4.69) is 38.2 Å². The summed E-state index contributed by atoms with van der Waals surface area (Å²) in [7, 11) is 0. The lowest BCUT2D eigenvalue weighted by Crippen LogP contribution is -2.33. The highest BCUT2D eigenvalue weighted by molar-refractivity contribution is 5.83. The van der Waals surface area contributed by atoms with E-state index < -0.39 is 0 Å². The molecule has 1 aromatic carbocycles. The molecule has 2 rings (SSSR count). The smallest absolute Gasteiger partial charge is 0.227 e. The van der Waals surface area contributed by atoms with Gasteiger partial charge in [0.1, 0.15) is 0 Å². The topological polar surface area (TPSA) is 29.1 Å². The van der Waals surface area contributed by atoms with Gasteiger partial charge in [-0.15, -0.1) is 0 Å². The lowest BCUT2D eigenvalue weighted by molar-refractivity contribution is -0.123. The van der Waals surface area contributed by atoms with Gasteiger partial charge in [-0.05, 0) is 29.7 Å². The van der Waals surface area contributed by atoms with E-state index >= 15 is 0 Å². The van der Waals surface area contributed by atoms with Crippen LogP contribution in [0.5, 0.6) is 0 Å². The summed E-state index contributed by atoms with van der Waals surface area (Å²) in [6, 6.07) is 10.2. The minimum absolute atomic E-state index is 0.0357. The van der Waals surface area contributed by atoms with Gasteiger partial charge in [0.15, 0.2) is 0 Å². The Balaban J connectivity index is 1.76. The molecule has 24 heavy (non-hydrogen) atoms. The maximum atomic E-state index is 12.7. The molecule has 134 valence electrons. The van der Waals surface area contributed by atoms with Gasteiger partial charge in [0, 0.05) is 6.54 Å². The molecule has 1 aromatic rings. The molecule has 0 radical (unpaired) electrons. The van der Waals surface area contributed by atoms with Crippen molar-refractivity contribution in [3.05, 3.63) is 35.9 Å². The van der Waals surface area contributed by atoms with Crippen LogP contribution in [0, 0.1) is 17.8 Å². The van der Waals surface area contributed by atoms with Crippen LogP contribution in [0.15, 0.2) is 30.3 Å². The van der Waals surface area contributed by atoms with Gasteiger partial charge in [0.05, 0.1) is 5.92 Å². The van der Waals surface area contributed by atoms with Crippen molar-refractivity contribution in [2.45, 2.75) is 71.6 Å². The summed E-state index contributed by atoms with van der Waals surface area (Å²) in [6.45, 7) is 7.38. The van der Waals surface area contributed by atoms with E-state index in [1.807, 2.05) is 18.2 Å². The summed E-state index contributed by atoms with van der Waals surface area (Å²) >= 11 is 0. The molecule has 1 atom stereocenters. The summed E-state index contributed by atoms with van der Waals surface area (Å²) in [5.74, 6) is 2.25. The zero-order valence-electron chi connectivity index (χ0n) is 15.8. The van der Waals surface area contributed by atoms with Crippen LogP contribution in [0.4, 0.5) is 0 Å². The van der Waals surface area contributed by atoms with E-state index in [4.69, 9.17) is 0 Å². The third-order valence-electron chi connectivity index (χ3n) is 5.62. The lowest BCUT2D eigenvalue weighted by atomic mass is 9.79. The Morgan fingerprint density at radius 2 is 1.62 bits per heavy atom. The van der Waals surface area contributed by atoms with Crippen LogP contribution in [0.25, 0.3) is 0 Å². The average molecular weight is 330 g/mol. The molecule has 1 unspecified atom stereocenters. The van der Waals surface area contributed by atoms with Crippen LogP contribution in [-0.2, 0) is 4.79 Å². The molecule has 0 aromatic heterocycles. The summed E-state index contributed by atoms with van der Waals surface area (Å²) in [6.07, 6.45) is 9.36. The Labute approximate surface area is 148 Å². The van der Waals surface area contributed by atoms with Gasteiger partial charge in [0.25, 0.3) is 0 Å². The first-order chi connectivity index (χ1) is 11.6. The number of benzene rings is 1. The van der Waals surface area contributed by atoms with Gasteiger partial charge in [-0.3, -0.25) is 4.79 Å². The van der Waals surface area contributed by atoms with Crippen molar-refractivity contribution >= 4 is 5.91 Å². The molecule has 1 aliphatic rings. The highest BCUT2D eigenvalue weighted by Crippen LogP contribution is 2.33. The van der Waals surface area contributed by atoms with Gasteiger partial charge >= 0.3 is 0 Å². The van der Waals surface area contributed by atoms with Crippen molar-refractivity contribution in [1.82, 2.24) is 5.32 Å². The van der Waals surface area contributed by atoms with Gasteiger partial charge in [-0.25, -0.2) is 0 Å². The fourth-order valence-corrected chi connectivity index (χ4v) is 4.23. The quantitative estimate of drug-likeness (QED) is 0.666. The molecule has 0 aliphatic heterocycles. The van der Waals surface area contributed by atoms with Crippen LogP contribution >= 0.6 is 0 Å². The first kappa shape index (κ1) is 19.0. The molecule has 2 heteroatoms. The Hall–Kier alpha value is -1.31. The van der Waals surface area contributed by atoms with Crippen LogP contribution in [0.3, 0.4) is 0 Å². The van der Waals surface area contributed by atoms with Crippen LogP contribution < -0.4 is 5.32 Å². The second-order valence-corrected chi connectivity index (χ2v) is 7.89. The largest absolute Gasteiger partial charge is 0.356 e. The summed E-state index contributed by atoms with van der Waals surface area (Å²) < 4.78 is 0. The molecule has 1 fully saturated rings. The predicted molar refractivity (Wildman–Crippen MR) is 102 cm³/mol. The monoisotopic (exact) mass is 329 g/mol. The second kappa shape index (κ2) is 9.86. The van der Waals surface area contributed by atoms with Crippen molar-refractivity contribution in [1.29, 1.82) is 0 Å². The Bertz CT molecular complexity index is 474. The third kappa shape index (κ3) is 5.65. The number of rotatable bonds is 8. The second-order valence-electron chi connectivity index (χ2n) is 7.89. The van der Waals surface area contributed by atoms with Crippen molar-refractivity contribution in [2.75, 3.05) is 6.54 Å². The van der Waals surface area contributed by atoms with E-state index in [-0.39, 0.29) is 11.8 Å². The van der Waals surface area contributed by atoms with Crippen LogP contribution in [0.1, 0.15) is 77.2 Å². The van der Waals surface area contributed by atoms with Gasteiger partial charge in [-0.2, -0.15) is 0 Å². The molecule has 1 amide bonds. The van der Waals surface area contributed by atoms with Gasteiger partial charge < -0.3 is 5.32 Å². The van der Waals surface area contributed by atoms with Gasteiger partial charge in [-0.1, -0.05) is 89.6 Å². The van der Waals surface area contributed by atoms with E-state index in [1.54, 1.807) is 0 Å². The van der Waals surface area contributed by atoms with Crippen molar-refractivity contribution < 1.29 is 4.79 Å². The predicted octanol–water partition coefficient (Wildman–Crippen LogP) is 5.54. The lowest BCUT2D eigenvalue weighted by Gasteiger charge is -2.28. The minimum atomic E-state index is -0.0357. The molecular weight excluding hydrogens is 294 g/mol. The number of nitrogens with one attached hydrogen (secondary N) is 1. The highest BCUT2D eigenvalue weighted by atomic mass is 16.1. The fraction of sp³-hybridized carbons (Fsp3) is 0.682. The first-order valence-electron chi connectivity index (χ1n) is 9.94. The number of carbonyl (C=O) groups is 1. The first-order valence-corrected chi connectivity index (χ1v) is 9.94. The standard InChI is InChI=1S/C22H35NO/c1-4-8-18-11-13-19(14-12-18)15-16-23-22(24)21(17(2)3)20-9-6-5-7-10-20/h5-7,9-10,17-19,21H,4,8,11-16H2,1-3H3,(H,23,24). The van der Waals surface area contributed by atoms with Crippen molar-refractivity contribution in [3.8, 4) is 0 Å². The summed E-state index contributed by atoms with van der Waals surface area (Å²) in [4.78, 5) is 12.7. The van der Waals surface area contributed by atoms with E-state index in [0.717, 1.165) is 30.4 Å². The average Bonchev–Trinajstić information content (AvgIpc) is 2.57. The van der Waals surface area contributed by atoms with E-state index in [9.17, 15) is 4.79 Å². The molecule has 0 spiro atoms. The molecule has 0 bridgehead atoms. The third-order valence-corrected chi connectivity index (χ3v) is 5.62. The van der Waals surface area contributed by atoms with E-state index in [1.165, 1.54) is 38.5 Å². The zero-order chi connectivity index (χ0) is 17.4. The molecule has 2 nitrogen and oxygen atoms in total. The maximum Gasteiger partial charge on any atom is 0.227 e.